The normalized spacial score (nSPS) is 17.9. The van der Waals surface area contributed by atoms with Crippen molar-refractivity contribution >= 4 is 63.5 Å². The molecule has 94 valence electrons. The van der Waals surface area contributed by atoms with Crippen molar-refractivity contribution in [3.8, 4) is 0 Å². The topological polar surface area (TPSA) is 20.3 Å². The number of thiocarbonyl (C=S) groups is 1. The van der Waals surface area contributed by atoms with Crippen LogP contribution in [0.2, 0.25) is 10.0 Å². The maximum Gasteiger partial charge on any atom is 0.266 e. The number of nitrogens with zero attached hydrogens (tertiary/aromatic N) is 1. The molecular weight excluding hydrogens is 309 g/mol. The molecular formula is C12H9Cl2NOS2. The molecule has 0 saturated carbocycles. The van der Waals surface area contributed by atoms with Crippen LogP contribution in [0.5, 0.6) is 0 Å². The number of carbonyl (C=O) groups excluding carboxylic acids is 1. The second-order valence-corrected chi connectivity index (χ2v) is 6.18. The van der Waals surface area contributed by atoms with Crippen LogP contribution in [0.3, 0.4) is 0 Å². The number of hydrogen-bond donors (Lipinski definition) is 0. The van der Waals surface area contributed by atoms with Gasteiger partial charge in [-0.1, -0.05) is 47.2 Å². The van der Waals surface area contributed by atoms with Crippen molar-refractivity contribution in [2.24, 2.45) is 0 Å². The number of amides is 1. The van der Waals surface area contributed by atoms with E-state index in [-0.39, 0.29) is 5.91 Å². The smallest absolute Gasteiger partial charge is 0.266 e. The zero-order valence-electron chi connectivity index (χ0n) is 9.44. The molecule has 1 aliphatic heterocycles. The van der Waals surface area contributed by atoms with Crippen molar-refractivity contribution in [3.63, 3.8) is 0 Å². The first kappa shape index (κ1) is 13.9. The lowest BCUT2D eigenvalue weighted by molar-refractivity contribution is -0.121. The highest BCUT2D eigenvalue weighted by atomic mass is 35.5. The van der Waals surface area contributed by atoms with Crippen LogP contribution in [-0.2, 0) is 4.79 Å². The van der Waals surface area contributed by atoms with Gasteiger partial charge in [0, 0.05) is 16.6 Å². The number of thioether (sulfide) groups is 1. The quantitative estimate of drug-likeness (QED) is 0.602. The van der Waals surface area contributed by atoms with Crippen LogP contribution in [0, 0.1) is 0 Å². The fourth-order valence-electron chi connectivity index (χ4n) is 1.58. The lowest BCUT2D eigenvalue weighted by Crippen LogP contribution is -2.27. The van der Waals surface area contributed by atoms with E-state index in [2.05, 4.69) is 0 Å². The van der Waals surface area contributed by atoms with E-state index < -0.39 is 0 Å². The van der Waals surface area contributed by atoms with Crippen molar-refractivity contribution in [2.75, 3.05) is 6.54 Å². The minimum atomic E-state index is -0.0661. The fourth-order valence-corrected chi connectivity index (χ4v) is 3.51. The number of likely N-dealkylation sites (N-methyl/N-ethyl adjacent to an activating group) is 1. The van der Waals surface area contributed by atoms with Gasteiger partial charge >= 0.3 is 0 Å². The third kappa shape index (κ3) is 2.88. The van der Waals surface area contributed by atoms with E-state index in [1.807, 2.05) is 6.92 Å². The van der Waals surface area contributed by atoms with Gasteiger partial charge in [-0.05, 0) is 36.8 Å². The van der Waals surface area contributed by atoms with Gasteiger partial charge in [-0.25, -0.2) is 0 Å². The molecule has 0 N–H and O–H groups in total. The molecule has 2 rings (SSSR count). The van der Waals surface area contributed by atoms with Crippen LogP contribution >= 0.6 is 47.2 Å². The summed E-state index contributed by atoms with van der Waals surface area (Å²) in [5.74, 6) is -0.0661. The van der Waals surface area contributed by atoms with E-state index in [1.54, 1.807) is 29.2 Å². The third-order valence-electron chi connectivity index (χ3n) is 2.37. The van der Waals surface area contributed by atoms with Crippen LogP contribution in [-0.4, -0.2) is 21.7 Å². The minimum Gasteiger partial charge on any atom is -0.293 e. The summed E-state index contributed by atoms with van der Waals surface area (Å²) in [6.07, 6.45) is 1.76. The van der Waals surface area contributed by atoms with E-state index in [1.165, 1.54) is 11.8 Å². The molecule has 0 aromatic heterocycles. The predicted octanol–water partition coefficient (Wildman–Crippen LogP) is 4.21. The molecule has 0 radical (unpaired) electrons. The average Bonchev–Trinajstić information content (AvgIpc) is 2.52. The molecule has 1 aromatic rings. The number of hydrogen-bond acceptors (Lipinski definition) is 3. The maximum atomic E-state index is 12.0. The first-order chi connectivity index (χ1) is 8.51. The van der Waals surface area contributed by atoms with Gasteiger partial charge < -0.3 is 0 Å². The molecule has 0 bridgehead atoms. The summed E-state index contributed by atoms with van der Waals surface area (Å²) < 4.78 is 0.585. The Hall–Kier alpha value is -0.550. The van der Waals surface area contributed by atoms with Gasteiger partial charge in [0.1, 0.15) is 4.32 Å². The van der Waals surface area contributed by atoms with E-state index >= 15 is 0 Å². The molecule has 1 aliphatic rings. The van der Waals surface area contributed by atoms with Crippen LogP contribution in [0.1, 0.15) is 12.5 Å². The van der Waals surface area contributed by atoms with Gasteiger partial charge in [0.05, 0.1) is 4.91 Å². The highest BCUT2D eigenvalue weighted by molar-refractivity contribution is 8.26. The first-order valence-electron chi connectivity index (χ1n) is 5.22. The molecule has 18 heavy (non-hydrogen) atoms. The zero-order valence-corrected chi connectivity index (χ0v) is 12.6. The molecule has 0 spiro atoms. The van der Waals surface area contributed by atoms with Crippen molar-refractivity contribution in [3.05, 3.63) is 38.7 Å². The Labute approximate surface area is 125 Å². The molecule has 1 heterocycles. The molecule has 1 amide bonds. The molecule has 0 unspecified atom stereocenters. The summed E-state index contributed by atoms with van der Waals surface area (Å²) >= 11 is 18.3. The standard InChI is InChI=1S/C12H9Cl2NOS2/c1-2-15-11(16)10(18-12(15)17)5-7-3-8(13)6-9(14)4-7/h3-6H,2H2,1H3/b10-5-. The van der Waals surface area contributed by atoms with Gasteiger partial charge in [0.2, 0.25) is 0 Å². The van der Waals surface area contributed by atoms with Crippen molar-refractivity contribution in [1.29, 1.82) is 0 Å². The second-order valence-electron chi connectivity index (χ2n) is 3.63. The van der Waals surface area contributed by atoms with E-state index in [4.69, 9.17) is 35.4 Å². The second kappa shape index (κ2) is 5.61. The SMILES string of the molecule is CCN1C(=O)/C(=C/c2cc(Cl)cc(Cl)c2)SC1=S. The lowest BCUT2D eigenvalue weighted by atomic mass is 10.2. The van der Waals surface area contributed by atoms with Crippen LogP contribution < -0.4 is 0 Å². The summed E-state index contributed by atoms with van der Waals surface area (Å²) in [5, 5.41) is 1.08. The van der Waals surface area contributed by atoms with E-state index in [0.29, 0.717) is 25.8 Å². The summed E-state index contributed by atoms with van der Waals surface area (Å²) in [7, 11) is 0. The molecule has 1 aromatic carbocycles. The van der Waals surface area contributed by atoms with Crippen LogP contribution in [0.25, 0.3) is 6.08 Å². The molecule has 1 saturated heterocycles. The van der Waals surface area contributed by atoms with Gasteiger partial charge in [-0.15, -0.1) is 0 Å². The van der Waals surface area contributed by atoms with Crippen molar-refractivity contribution in [2.45, 2.75) is 6.92 Å². The zero-order chi connectivity index (χ0) is 13.3. The van der Waals surface area contributed by atoms with Crippen molar-refractivity contribution < 1.29 is 4.79 Å². The maximum absolute atomic E-state index is 12.0. The highest BCUT2D eigenvalue weighted by Gasteiger charge is 2.30. The number of rotatable bonds is 2. The molecule has 0 aliphatic carbocycles. The number of halogens is 2. The Balaban J connectivity index is 2.34. The van der Waals surface area contributed by atoms with Crippen LogP contribution in [0.15, 0.2) is 23.1 Å². The van der Waals surface area contributed by atoms with Crippen LogP contribution in [0.4, 0.5) is 0 Å². The number of benzene rings is 1. The van der Waals surface area contributed by atoms with Gasteiger partial charge in [0.25, 0.3) is 5.91 Å². The Morgan fingerprint density at radius 2 is 1.94 bits per heavy atom. The Morgan fingerprint density at radius 3 is 2.44 bits per heavy atom. The monoisotopic (exact) mass is 317 g/mol. The highest BCUT2D eigenvalue weighted by Crippen LogP contribution is 2.33. The first-order valence-corrected chi connectivity index (χ1v) is 7.21. The molecule has 0 atom stereocenters. The summed E-state index contributed by atoms with van der Waals surface area (Å²) in [4.78, 5) is 14.2. The lowest BCUT2D eigenvalue weighted by Gasteiger charge is -2.09. The van der Waals surface area contributed by atoms with Gasteiger partial charge in [-0.3, -0.25) is 9.69 Å². The molecule has 6 heteroatoms. The van der Waals surface area contributed by atoms with E-state index in [9.17, 15) is 4.79 Å². The largest absolute Gasteiger partial charge is 0.293 e. The van der Waals surface area contributed by atoms with Crippen molar-refractivity contribution in [1.82, 2.24) is 4.90 Å². The Kier molecular flexibility index (Phi) is 4.33. The molecule has 2 nitrogen and oxygen atoms in total. The van der Waals surface area contributed by atoms with Gasteiger partial charge in [-0.2, -0.15) is 0 Å². The van der Waals surface area contributed by atoms with E-state index in [0.717, 1.165) is 5.56 Å². The number of carbonyl (C=O) groups is 1. The summed E-state index contributed by atoms with van der Waals surface area (Å²) in [6.45, 7) is 2.47. The summed E-state index contributed by atoms with van der Waals surface area (Å²) in [6, 6.07) is 5.16. The predicted molar refractivity (Wildman–Crippen MR) is 82.0 cm³/mol. The molecule has 1 fully saturated rings. The fraction of sp³-hybridized carbons (Fsp3) is 0.167. The summed E-state index contributed by atoms with van der Waals surface area (Å²) in [5.41, 5.74) is 0.795. The third-order valence-corrected chi connectivity index (χ3v) is 4.19. The Morgan fingerprint density at radius 1 is 1.33 bits per heavy atom. The van der Waals surface area contributed by atoms with Gasteiger partial charge in [0.15, 0.2) is 0 Å². The average molecular weight is 318 g/mol. The Bertz CT molecular complexity index is 537. The minimum absolute atomic E-state index is 0.0661.